The molecule has 4 aromatic rings. The minimum atomic E-state index is -0.0952. The summed E-state index contributed by atoms with van der Waals surface area (Å²) in [6.07, 6.45) is 0.834. The number of nitrogens with zero attached hydrogens (tertiary/aromatic N) is 3. The number of benzene rings is 1. The first-order chi connectivity index (χ1) is 12.0. The van der Waals surface area contributed by atoms with E-state index in [1.54, 1.807) is 0 Å². The van der Waals surface area contributed by atoms with Gasteiger partial charge in [-0.25, -0.2) is 9.67 Å². The van der Waals surface area contributed by atoms with Crippen LogP contribution in [0.3, 0.4) is 0 Å². The van der Waals surface area contributed by atoms with Gasteiger partial charge >= 0.3 is 0 Å². The normalized spacial score (nSPS) is 11.5. The number of oxazole rings is 1. The molecule has 4 rings (SSSR count). The van der Waals surface area contributed by atoms with Crippen LogP contribution in [0.25, 0.3) is 21.9 Å². The Morgan fingerprint density at radius 2 is 2.04 bits per heavy atom. The van der Waals surface area contributed by atoms with Gasteiger partial charge in [-0.15, -0.1) is 0 Å². The highest BCUT2D eigenvalue weighted by Crippen LogP contribution is 2.21. The molecule has 7 heteroatoms. The van der Waals surface area contributed by atoms with E-state index in [0.717, 1.165) is 39.4 Å². The van der Waals surface area contributed by atoms with Crippen molar-refractivity contribution in [2.75, 3.05) is 0 Å². The van der Waals surface area contributed by atoms with Crippen LogP contribution in [0.5, 0.6) is 0 Å². The number of fused-ring (bicyclic) bond motifs is 2. The quantitative estimate of drug-likeness (QED) is 0.525. The summed E-state index contributed by atoms with van der Waals surface area (Å²) in [6, 6.07) is 5.87. The molecule has 0 bridgehead atoms. The maximum atomic E-state index is 12.7. The first-order valence-electron chi connectivity index (χ1n) is 8.33. The summed E-state index contributed by atoms with van der Waals surface area (Å²) in [6.45, 7) is 7.02. The number of rotatable bonds is 4. The molecule has 0 aliphatic rings. The number of aromatic nitrogens is 3. The van der Waals surface area contributed by atoms with Crippen LogP contribution >= 0.6 is 11.3 Å². The maximum absolute atomic E-state index is 12.7. The second-order valence-corrected chi connectivity index (χ2v) is 7.53. The Labute approximate surface area is 149 Å². The minimum absolute atomic E-state index is 0.0952. The molecule has 0 aliphatic heterocycles. The first-order valence-corrected chi connectivity index (χ1v) is 9.27. The largest absolute Gasteiger partial charge is 0.439 e. The second-order valence-electron chi connectivity index (χ2n) is 6.79. The molecular weight excluding hydrogens is 333 g/mol. The molecule has 3 aromatic heterocycles. The molecule has 0 spiro atoms. The number of hydrogen-bond donors (Lipinski definition) is 0. The van der Waals surface area contributed by atoms with E-state index in [0.29, 0.717) is 12.6 Å². The smallest absolute Gasteiger partial charge is 0.275 e. The van der Waals surface area contributed by atoms with Crippen LogP contribution in [0, 0.1) is 6.92 Å². The third kappa shape index (κ3) is 3.00. The van der Waals surface area contributed by atoms with Gasteiger partial charge in [-0.2, -0.15) is 16.4 Å². The summed E-state index contributed by atoms with van der Waals surface area (Å²) in [7, 11) is 0. The SMILES string of the molecule is CB(C)Cc1nn(Cc2nc3cc(C)ccc3o2)c(=O)c2cscc12. The first kappa shape index (κ1) is 16.1. The van der Waals surface area contributed by atoms with Crippen molar-refractivity contribution >= 4 is 39.9 Å². The highest BCUT2D eigenvalue weighted by Gasteiger charge is 2.15. The Morgan fingerprint density at radius 3 is 2.84 bits per heavy atom. The molecule has 0 atom stereocenters. The fourth-order valence-electron chi connectivity index (χ4n) is 3.00. The maximum Gasteiger partial charge on any atom is 0.275 e. The Hall–Kier alpha value is -2.41. The summed E-state index contributed by atoms with van der Waals surface area (Å²) >= 11 is 1.54. The Morgan fingerprint density at radius 1 is 1.24 bits per heavy atom. The highest BCUT2D eigenvalue weighted by molar-refractivity contribution is 7.09. The zero-order valence-corrected chi connectivity index (χ0v) is 15.3. The van der Waals surface area contributed by atoms with E-state index in [9.17, 15) is 4.79 Å². The standard InChI is InChI=1S/C18H18BN3O2S/c1-11-4-5-16-14(6-11)20-17(24-16)8-22-18(23)13-10-25-9-12(13)15(21-22)7-19(2)3/h4-6,9-10H,7-8H2,1-3H3. The van der Waals surface area contributed by atoms with Crippen molar-refractivity contribution in [3.05, 3.63) is 56.5 Å². The number of hydrogen-bond acceptors (Lipinski definition) is 5. The summed E-state index contributed by atoms with van der Waals surface area (Å²) in [5, 5.41) is 10.2. The van der Waals surface area contributed by atoms with Crippen molar-refractivity contribution in [1.82, 2.24) is 14.8 Å². The van der Waals surface area contributed by atoms with Crippen LogP contribution in [-0.2, 0) is 12.9 Å². The van der Waals surface area contributed by atoms with Crippen molar-refractivity contribution in [3.63, 3.8) is 0 Å². The van der Waals surface area contributed by atoms with Gasteiger partial charge in [0, 0.05) is 16.1 Å². The van der Waals surface area contributed by atoms with Gasteiger partial charge in [0.05, 0.1) is 11.1 Å². The lowest BCUT2D eigenvalue weighted by Crippen LogP contribution is -2.26. The van der Waals surface area contributed by atoms with Gasteiger partial charge < -0.3 is 4.42 Å². The molecular formula is C18H18BN3O2S. The average molecular weight is 351 g/mol. The molecule has 5 nitrogen and oxygen atoms in total. The van der Waals surface area contributed by atoms with E-state index >= 15 is 0 Å². The predicted octanol–water partition coefficient (Wildman–Crippen LogP) is 3.79. The van der Waals surface area contributed by atoms with Gasteiger partial charge in [0.25, 0.3) is 5.56 Å². The van der Waals surface area contributed by atoms with Crippen LogP contribution in [-0.4, -0.2) is 21.5 Å². The third-order valence-electron chi connectivity index (χ3n) is 4.15. The molecule has 25 heavy (non-hydrogen) atoms. The van der Waals surface area contributed by atoms with Crippen molar-refractivity contribution in [2.45, 2.75) is 33.4 Å². The van der Waals surface area contributed by atoms with E-state index in [-0.39, 0.29) is 12.1 Å². The second kappa shape index (κ2) is 6.15. The van der Waals surface area contributed by atoms with E-state index in [1.807, 2.05) is 35.9 Å². The average Bonchev–Trinajstić information content (AvgIpc) is 3.17. The van der Waals surface area contributed by atoms with Crippen LogP contribution in [0.2, 0.25) is 13.6 Å². The topological polar surface area (TPSA) is 60.9 Å². The Balaban J connectivity index is 1.79. The summed E-state index contributed by atoms with van der Waals surface area (Å²) in [5.41, 5.74) is 3.52. The molecule has 1 aromatic carbocycles. The zero-order chi connectivity index (χ0) is 17.6. The van der Waals surface area contributed by atoms with Crippen LogP contribution in [0.4, 0.5) is 0 Å². The van der Waals surface area contributed by atoms with Gasteiger partial charge in [-0.05, 0) is 30.9 Å². The lowest BCUT2D eigenvalue weighted by Gasteiger charge is -2.08. The van der Waals surface area contributed by atoms with Crippen LogP contribution < -0.4 is 5.56 Å². The molecule has 0 amide bonds. The summed E-state index contributed by atoms with van der Waals surface area (Å²) < 4.78 is 7.26. The zero-order valence-electron chi connectivity index (χ0n) is 14.4. The highest BCUT2D eigenvalue weighted by atomic mass is 32.1. The molecule has 0 saturated heterocycles. The fraction of sp³-hybridized carbons (Fsp3) is 0.278. The van der Waals surface area contributed by atoms with E-state index < -0.39 is 0 Å². The van der Waals surface area contributed by atoms with Crippen molar-refractivity contribution < 1.29 is 4.42 Å². The molecule has 0 radical (unpaired) electrons. The predicted molar refractivity (Wildman–Crippen MR) is 103 cm³/mol. The lowest BCUT2D eigenvalue weighted by atomic mass is 9.51. The van der Waals surface area contributed by atoms with Gasteiger partial charge in [-0.3, -0.25) is 4.79 Å². The van der Waals surface area contributed by atoms with E-state index in [4.69, 9.17) is 4.42 Å². The molecule has 0 saturated carbocycles. The Bertz CT molecular complexity index is 1130. The number of aryl methyl sites for hydroxylation is 1. The van der Waals surface area contributed by atoms with Gasteiger partial charge in [-0.1, -0.05) is 19.7 Å². The van der Waals surface area contributed by atoms with E-state index in [1.165, 1.54) is 16.0 Å². The van der Waals surface area contributed by atoms with Crippen LogP contribution in [0.1, 0.15) is 17.1 Å². The molecule has 0 fully saturated rings. The molecule has 3 heterocycles. The van der Waals surface area contributed by atoms with Gasteiger partial charge in [0.2, 0.25) is 5.89 Å². The summed E-state index contributed by atoms with van der Waals surface area (Å²) in [5.74, 6) is 0.500. The van der Waals surface area contributed by atoms with Gasteiger partial charge in [0.1, 0.15) is 18.8 Å². The molecule has 0 N–H and O–H groups in total. The monoisotopic (exact) mass is 351 g/mol. The molecule has 0 unspecified atom stereocenters. The van der Waals surface area contributed by atoms with Crippen molar-refractivity contribution in [3.8, 4) is 0 Å². The Kier molecular flexibility index (Phi) is 3.96. The van der Waals surface area contributed by atoms with E-state index in [2.05, 4.69) is 23.7 Å². The molecule has 0 aliphatic carbocycles. The lowest BCUT2D eigenvalue weighted by molar-refractivity contribution is 0.481. The number of thiophene rings is 1. The third-order valence-corrected chi connectivity index (χ3v) is 4.90. The fourth-order valence-corrected chi connectivity index (χ4v) is 3.83. The van der Waals surface area contributed by atoms with Gasteiger partial charge in [0.15, 0.2) is 5.58 Å². The van der Waals surface area contributed by atoms with Crippen molar-refractivity contribution in [2.24, 2.45) is 0 Å². The van der Waals surface area contributed by atoms with Crippen LogP contribution in [0.15, 0.2) is 38.2 Å². The summed E-state index contributed by atoms with van der Waals surface area (Å²) in [4.78, 5) is 17.2. The van der Waals surface area contributed by atoms with Crippen molar-refractivity contribution in [1.29, 1.82) is 0 Å². The molecule has 126 valence electrons. The minimum Gasteiger partial charge on any atom is -0.439 e.